The molecule has 1 heterocycles. The molecule has 2 N–H and O–H groups in total. The van der Waals surface area contributed by atoms with Gasteiger partial charge in [0.1, 0.15) is 0 Å². The molecule has 1 fully saturated rings. The van der Waals surface area contributed by atoms with Gasteiger partial charge in [-0.25, -0.2) is 0 Å². The van der Waals surface area contributed by atoms with E-state index >= 15 is 0 Å². The Balaban J connectivity index is 1.85. The van der Waals surface area contributed by atoms with Gasteiger partial charge in [0.2, 0.25) is 10.1 Å². The maximum Gasteiger partial charge on any atom is 0.282 e. The number of hydrogen-bond acceptors (Lipinski definition) is 5. The van der Waals surface area contributed by atoms with Crippen LogP contribution in [0.5, 0.6) is 0 Å². The molecule has 1 unspecified atom stereocenters. The van der Waals surface area contributed by atoms with E-state index < -0.39 is 0 Å². The van der Waals surface area contributed by atoms with Crippen molar-refractivity contribution in [3.05, 3.63) is 5.01 Å². The molecular weight excluding hydrogens is 272 g/mol. The molecule has 112 valence electrons. The number of aromatic nitrogens is 2. The molecule has 20 heavy (non-hydrogen) atoms. The van der Waals surface area contributed by atoms with Crippen LogP contribution < -0.4 is 10.6 Å². The van der Waals surface area contributed by atoms with Crippen LogP contribution in [0.15, 0.2) is 0 Å². The van der Waals surface area contributed by atoms with Gasteiger partial charge in [-0.1, -0.05) is 37.5 Å². The van der Waals surface area contributed by atoms with Crippen molar-refractivity contribution in [1.29, 1.82) is 0 Å². The van der Waals surface area contributed by atoms with Gasteiger partial charge in [-0.3, -0.25) is 4.79 Å². The van der Waals surface area contributed by atoms with E-state index in [1.54, 1.807) is 0 Å². The van der Waals surface area contributed by atoms with E-state index in [4.69, 9.17) is 0 Å². The van der Waals surface area contributed by atoms with Gasteiger partial charge in [0, 0.05) is 12.6 Å². The van der Waals surface area contributed by atoms with Crippen molar-refractivity contribution in [3.8, 4) is 0 Å². The van der Waals surface area contributed by atoms with Gasteiger partial charge < -0.3 is 10.6 Å². The molecule has 1 amide bonds. The molecule has 5 nitrogen and oxygen atoms in total. The van der Waals surface area contributed by atoms with Crippen LogP contribution in [0.3, 0.4) is 0 Å². The van der Waals surface area contributed by atoms with Crippen LogP contribution in [0.2, 0.25) is 0 Å². The van der Waals surface area contributed by atoms with Crippen molar-refractivity contribution >= 4 is 22.4 Å². The smallest absolute Gasteiger partial charge is 0.282 e. The first-order valence-electron chi connectivity index (χ1n) is 7.59. The van der Waals surface area contributed by atoms with Gasteiger partial charge in [0.05, 0.1) is 0 Å². The average Bonchev–Trinajstić information content (AvgIpc) is 2.95. The average molecular weight is 296 g/mol. The minimum Gasteiger partial charge on any atom is -0.360 e. The first-order valence-corrected chi connectivity index (χ1v) is 8.40. The Morgan fingerprint density at radius 2 is 2.10 bits per heavy atom. The second kappa shape index (κ2) is 7.57. The van der Waals surface area contributed by atoms with Gasteiger partial charge in [-0.15, -0.1) is 10.2 Å². The highest BCUT2D eigenvalue weighted by Crippen LogP contribution is 2.26. The van der Waals surface area contributed by atoms with Crippen LogP contribution in [-0.2, 0) is 0 Å². The van der Waals surface area contributed by atoms with Crippen LogP contribution in [0.4, 0.5) is 5.13 Å². The summed E-state index contributed by atoms with van der Waals surface area (Å²) >= 11 is 1.32. The normalized spacial score (nSPS) is 17.7. The molecular formula is C14H24N4OS. The van der Waals surface area contributed by atoms with E-state index in [0.29, 0.717) is 10.9 Å². The summed E-state index contributed by atoms with van der Waals surface area (Å²) in [6, 6.07) is 0.221. The molecule has 1 aliphatic rings. The molecule has 1 aliphatic carbocycles. The minimum atomic E-state index is -0.0925. The third kappa shape index (κ3) is 4.16. The maximum atomic E-state index is 12.2. The lowest BCUT2D eigenvalue weighted by molar-refractivity contribution is 0.0918. The summed E-state index contributed by atoms with van der Waals surface area (Å²) in [6.07, 6.45) is 7.38. The van der Waals surface area contributed by atoms with Crippen LogP contribution in [0.1, 0.15) is 62.2 Å². The molecule has 0 aliphatic heterocycles. The van der Waals surface area contributed by atoms with Gasteiger partial charge in [0.25, 0.3) is 5.91 Å². The highest BCUT2D eigenvalue weighted by atomic mass is 32.1. The summed E-state index contributed by atoms with van der Waals surface area (Å²) in [7, 11) is 0. The zero-order chi connectivity index (χ0) is 14.4. The number of amides is 1. The SMILES string of the molecule is CCCNc1nnc(C(=O)NC(C)C2CCCCC2)s1. The van der Waals surface area contributed by atoms with Crippen molar-refractivity contribution in [3.63, 3.8) is 0 Å². The first kappa shape index (κ1) is 15.2. The molecule has 6 heteroatoms. The fourth-order valence-corrected chi connectivity index (χ4v) is 3.31. The van der Waals surface area contributed by atoms with E-state index in [1.165, 1.54) is 43.4 Å². The van der Waals surface area contributed by atoms with Crippen molar-refractivity contribution in [1.82, 2.24) is 15.5 Å². The number of carbonyl (C=O) groups is 1. The molecule has 1 aromatic heterocycles. The molecule has 1 atom stereocenters. The predicted octanol–water partition coefficient (Wildman–Crippen LogP) is 3.06. The fourth-order valence-electron chi connectivity index (χ4n) is 2.64. The quantitative estimate of drug-likeness (QED) is 0.846. The Kier molecular flexibility index (Phi) is 5.76. The topological polar surface area (TPSA) is 66.9 Å². The highest BCUT2D eigenvalue weighted by Gasteiger charge is 2.23. The molecule has 1 aromatic rings. The van der Waals surface area contributed by atoms with Crippen molar-refractivity contribution < 1.29 is 4.79 Å². The summed E-state index contributed by atoms with van der Waals surface area (Å²) in [5.74, 6) is 0.517. The molecule has 0 spiro atoms. The van der Waals surface area contributed by atoms with Gasteiger partial charge >= 0.3 is 0 Å². The lowest BCUT2D eigenvalue weighted by Crippen LogP contribution is -2.38. The molecule has 0 bridgehead atoms. The third-order valence-electron chi connectivity index (χ3n) is 3.86. The lowest BCUT2D eigenvalue weighted by Gasteiger charge is -2.27. The number of rotatable bonds is 6. The summed E-state index contributed by atoms with van der Waals surface area (Å²) in [6.45, 7) is 5.05. The lowest BCUT2D eigenvalue weighted by atomic mass is 9.84. The van der Waals surface area contributed by atoms with Crippen molar-refractivity contribution in [2.45, 2.75) is 58.4 Å². The Morgan fingerprint density at radius 3 is 2.80 bits per heavy atom. The fraction of sp³-hybridized carbons (Fsp3) is 0.786. The Bertz CT molecular complexity index is 429. The maximum absolute atomic E-state index is 12.2. The number of carbonyl (C=O) groups excluding carboxylic acids is 1. The molecule has 0 saturated heterocycles. The van der Waals surface area contributed by atoms with Gasteiger partial charge in [0.15, 0.2) is 0 Å². The zero-order valence-corrected chi connectivity index (χ0v) is 13.1. The monoisotopic (exact) mass is 296 g/mol. The van der Waals surface area contributed by atoms with Gasteiger partial charge in [-0.2, -0.15) is 0 Å². The Morgan fingerprint density at radius 1 is 1.35 bits per heavy atom. The molecule has 2 rings (SSSR count). The Hall–Kier alpha value is -1.17. The number of nitrogens with zero attached hydrogens (tertiary/aromatic N) is 2. The summed E-state index contributed by atoms with van der Waals surface area (Å²) in [4.78, 5) is 12.2. The van der Waals surface area contributed by atoms with Crippen molar-refractivity contribution in [2.75, 3.05) is 11.9 Å². The van der Waals surface area contributed by atoms with E-state index in [2.05, 4.69) is 34.7 Å². The standard InChI is InChI=1S/C14H24N4OS/c1-3-9-15-14-18-17-13(20-14)12(19)16-10(2)11-7-5-4-6-8-11/h10-11H,3-9H2,1-2H3,(H,15,18)(H,16,19). The summed E-state index contributed by atoms with van der Waals surface area (Å²) < 4.78 is 0. The van der Waals surface area contributed by atoms with E-state index in [9.17, 15) is 4.79 Å². The number of anilines is 1. The summed E-state index contributed by atoms with van der Waals surface area (Å²) in [5.41, 5.74) is 0. The number of nitrogens with one attached hydrogen (secondary N) is 2. The predicted molar refractivity (Wildman–Crippen MR) is 82.2 cm³/mol. The van der Waals surface area contributed by atoms with E-state index in [-0.39, 0.29) is 11.9 Å². The van der Waals surface area contributed by atoms with Crippen LogP contribution >= 0.6 is 11.3 Å². The largest absolute Gasteiger partial charge is 0.360 e. The highest BCUT2D eigenvalue weighted by molar-refractivity contribution is 7.17. The first-order chi connectivity index (χ1) is 9.70. The van der Waals surface area contributed by atoms with Crippen LogP contribution in [-0.4, -0.2) is 28.7 Å². The number of hydrogen-bond donors (Lipinski definition) is 2. The molecule has 1 saturated carbocycles. The summed E-state index contributed by atoms with van der Waals surface area (Å²) in [5, 5.41) is 15.4. The second-order valence-electron chi connectivity index (χ2n) is 5.50. The molecule has 0 aromatic carbocycles. The van der Waals surface area contributed by atoms with Gasteiger partial charge in [-0.05, 0) is 32.1 Å². The van der Waals surface area contributed by atoms with Crippen molar-refractivity contribution in [2.24, 2.45) is 5.92 Å². The van der Waals surface area contributed by atoms with Crippen LogP contribution in [0, 0.1) is 5.92 Å². The van der Waals surface area contributed by atoms with Crippen LogP contribution in [0.25, 0.3) is 0 Å². The van der Waals surface area contributed by atoms with E-state index in [0.717, 1.165) is 18.1 Å². The third-order valence-corrected chi connectivity index (χ3v) is 4.74. The van der Waals surface area contributed by atoms with E-state index in [1.807, 2.05) is 0 Å². The molecule has 0 radical (unpaired) electrons. The zero-order valence-electron chi connectivity index (χ0n) is 12.3. The Labute approximate surface area is 124 Å². The second-order valence-corrected chi connectivity index (χ2v) is 6.48. The minimum absolute atomic E-state index is 0.0925.